The van der Waals surface area contributed by atoms with E-state index in [9.17, 15) is 0 Å². The molecular formula is C16H15ClN2. The summed E-state index contributed by atoms with van der Waals surface area (Å²) in [6, 6.07) is 17.8. The molecule has 0 radical (unpaired) electrons. The van der Waals surface area contributed by atoms with Gasteiger partial charge in [-0.25, -0.2) is 0 Å². The van der Waals surface area contributed by atoms with Crippen molar-refractivity contribution in [3.8, 4) is 6.07 Å². The largest absolute Gasteiger partial charge is 0.312 e. The minimum atomic E-state index is 0.595. The molecule has 0 spiro atoms. The van der Waals surface area contributed by atoms with Crippen LogP contribution in [-0.4, -0.2) is 6.54 Å². The first-order valence-corrected chi connectivity index (χ1v) is 6.60. The standard InChI is InChI=1S/C16H15ClN2/c17-16-10-14(11-18)6-7-15(16)12-19-9-8-13-4-2-1-3-5-13/h1-7,10,19H,8-9,12H2. The van der Waals surface area contributed by atoms with Gasteiger partial charge in [-0.05, 0) is 36.2 Å². The molecule has 19 heavy (non-hydrogen) atoms. The molecule has 0 saturated carbocycles. The topological polar surface area (TPSA) is 35.8 Å². The van der Waals surface area contributed by atoms with E-state index in [0.29, 0.717) is 10.6 Å². The Balaban J connectivity index is 1.82. The van der Waals surface area contributed by atoms with Gasteiger partial charge in [-0.1, -0.05) is 48.0 Å². The number of nitriles is 1. The SMILES string of the molecule is N#Cc1ccc(CNCCc2ccccc2)c(Cl)c1. The molecule has 0 heterocycles. The van der Waals surface area contributed by atoms with Crippen LogP contribution in [0.2, 0.25) is 5.02 Å². The van der Waals surface area contributed by atoms with Crippen molar-refractivity contribution in [3.63, 3.8) is 0 Å². The van der Waals surface area contributed by atoms with Crippen LogP contribution in [-0.2, 0) is 13.0 Å². The fourth-order valence-corrected chi connectivity index (χ4v) is 2.11. The van der Waals surface area contributed by atoms with Gasteiger partial charge < -0.3 is 5.32 Å². The van der Waals surface area contributed by atoms with Crippen LogP contribution in [0, 0.1) is 11.3 Å². The van der Waals surface area contributed by atoms with Gasteiger partial charge in [0.15, 0.2) is 0 Å². The number of benzene rings is 2. The number of hydrogen-bond acceptors (Lipinski definition) is 2. The third-order valence-electron chi connectivity index (χ3n) is 2.93. The molecule has 2 aromatic carbocycles. The normalized spacial score (nSPS) is 10.1. The van der Waals surface area contributed by atoms with Crippen molar-refractivity contribution < 1.29 is 0 Å². The fraction of sp³-hybridized carbons (Fsp3) is 0.188. The molecule has 2 rings (SSSR count). The van der Waals surface area contributed by atoms with Crippen LogP contribution in [0.5, 0.6) is 0 Å². The van der Waals surface area contributed by atoms with Gasteiger partial charge in [0.1, 0.15) is 0 Å². The molecule has 0 fully saturated rings. The van der Waals surface area contributed by atoms with Crippen molar-refractivity contribution in [2.75, 3.05) is 6.54 Å². The molecule has 2 nitrogen and oxygen atoms in total. The Morgan fingerprint density at radius 1 is 1.11 bits per heavy atom. The first-order valence-electron chi connectivity index (χ1n) is 6.23. The summed E-state index contributed by atoms with van der Waals surface area (Å²) in [6.07, 6.45) is 0.995. The number of nitrogens with one attached hydrogen (secondary N) is 1. The van der Waals surface area contributed by atoms with Gasteiger partial charge in [0.2, 0.25) is 0 Å². The van der Waals surface area contributed by atoms with Crippen molar-refractivity contribution in [1.29, 1.82) is 5.26 Å². The van der Waals surface area contributed by atoms with E-state index >= 15 is 0 Å². The minimum Gasteiger partial charge on any atom is -0.312 e. The van der Waals surface area contributed by atoms with E-state index in [4.69, 9.17) is 16.9 Å². The quantitative estimate of drug-likeness (QED) is 0.844. The summed E-state index contributed by atoms with van der Waals surface area (Å²) in [5, 5.41) is 12.8. The van der Waals surface area contributed by atoms with E-state index in [1.165, 1.54) is 5.56 Å². The molecule has 0 aromatic heterocycles. The smallest absolute Gasteiger partial charge is 0.0992 e. The predicted octanol–water partition coefficient (Wildman–Crippen LogP) is 3.54. The molecule has 0 amide bonds. The van der Waals surface area contributed by atoms with E-state index in [0.717, 1.165) is 25.1 Å². The van der Waals surface area contributed by atoms with E-state index < -0.39 is 0 Å². The van der Waals surface area contributed by atoms with Crippen molar-refractivity contribution in [1.82, 2.24) is 5.32 Å². The summed E-state index contributed by atoms with van der Waals surface area (Å²) >= 11 is 6.11. The summed E-state index contributed by atoms with van der Waals surface area (Å²) < 4.78 is 0. The number of hydrogen-bond donors (Lipinski definition) is 1. The molecular weight excluding hydrogens is 256 g/mol. The number of halogens is 1. The molecule has 1 N–H and O–H groups in total. The Kier molecular flexibility index (Phi) is 4.97. The average molecular weight is 271 g/mol. The van der Waals surface area contributed by atoms with Crippen LogP contribution in [0.25, 0.3) is 0 Å². The van der Waals surface area contributed by atoms with Crippen LogP contribution < -0.4 is 5.32 Å². The van der Waals surface area contributed by atoms with Gasteiger partial charge >= 0.3 is 0 Å². The Hall–Kier alpha value is -1.82. The molecule has 0 atom stereocenters. The van der Waals surface area contributed by atoms with Crippen LogP contribution >= 0.6 is 11.6 Å². The maximum atomic E-state index is 8.77. The first-order chi connectivity index (χ1) is 9.29. The van der Waals surface area contributed by atoms with Gasteiger partial charge in [-0.3, -0.25) is 0 Å². The predicted molar refractivity (Wildman–Crippen MR) is 78.0 cm³/mol. The van der Waals surface area contributed by atoms with Crippen LogP contribution in [0.15, 0.2) is 48.5 Å². The lowest BCUT2D eigenvalue weighted by Crippen LogP contribution is -2.16. The summed E-state index contributed by atoms with van der Waals surface area (Å²) in [7, 11) is 0. The van der Waals surface area contributed by atoms with Gasteiger partial charge in [0.25, 0.3) is 0 Å². The molecule has 3 heteroatoms. The van der Waals surface area contributed by atoms with E-state index in [1.54, 1.807) is 12.1 Å². The molecule has 0 unspecified atom stereocenters. The van der Waals surface area contributed by atoms with Crippen molar-refractivity contribution in [2.45, 2.75) is 13.0 Å². The fourth-order valence-electron chi connectivity index (χ4n) is 1.86. The second kappa shape index (κ2) is 6.94. The van der Waals surface area contributed by atoms with Gasteiger partial charge in [-0.2, -0.15) is 5.26 Å². The lowest BCUT2D eigenvalue weighted by Gasteiger charge is -2.07. The Bertz CT molecular complexity index is 573. The molecule has 0 bridgehead atoms. The monoisotopic (exact) mass is 270 g/mol. The molecule has 0 saturated heterocycles. The molecule has 0 aliphatic heterocycles. The van der Waals surface area contributed by atoms with E-state index in [2.05, 4.69) is 23.5 Å². The zero-order valence-corrected chi connectivity index (χ0v) is 11.3. The average Bonchev–Trinajstić information content (AvgIpc) is 2.46. The van der Waals surface area contributed by atoms with Crippen molar-refractivity contribution in [3.05, 3.63) is 70.2 Å². The lowest BCUT2D eigenvalue weighted by molar-refractivity contribution is 0.687. The number of nitrogens with zero attached hydrogens (tertiary/aromatic N) is 1. The second-order valence-corrected chi connectivity index (χ2v) is 4.74. The van der Waals surface area contributed by atoms with Crippen molar-refractivity contribution >= 4 is 11.6 Å². The highest BCUT2D eigenvalue weighted by Crippen LogP contribution is 2.17. The summed E-state index contributed by atoms with van der Waals surface area (Å²) in [4.78, 5) is 0. The van der Waals surface area contributed by atoms with E-state index in [-0.39, 0.29) is 0 Å². The Morgan fingerprint density at radius 2 is 1.89 bits per heavy atom. The summed E-state index contributed by atoms with van der Waals surface area (Å²) in [6.45, 7) is 1.62. The highest BCUT2D eigenvalue weighted by molar-refractivity contribution is 6.31. The number of rotatable bonds is 5. The highest BCUT2D eigenvalue weighted by atomic mass is 35.5. The van der Waals surface area contributed by atoms with Gasteiger partial charge in [0, 0.05) is 11.6 Å². The third-order valence-corrected chi connectivity index (χ3v) is 3.28. The summed E-state index contributed by atoms with van der Waals surface area (Å²) in [5.41, 5.74) is 2.94. The third kappa shape index (κ3) is 4.10. The lowest BCUT2D eigenvalue weighted by atomic mass is 10.1. The Morgan fingerprint density at radius 3 is 2.58 bits per heavy atom. The minimum absolute atomic E-state index is 0.595. The summed E-state index contributed by atoms with van der Waals surface area (Å²) in [5.74, 6) is 0. The van der Waals surface area contributed by atoms with Crippen LogP contribution in [0.1, 0.15) is 16.7 Å². The Labute approximate surface area is 118 Å². The molecule has 2 aromatic rings. The van der Waals surface area contributed by atoms with Crippen LogP contribution in [0.3, 0.4) is 0 Å². The molecule has 96 valence electrons. The maximum Gasteiger partial charge on any atom is 0.0992 e. The molecule has 0 aliphatic rings. The zero-order valence-electron chi connectivity index (χ0n) is 10.6. The van der Waals surface area contributed by atoms with E-state index in [1.807, 2.05) is 24.3 Å². The zero-order chi connectivity index (χ0) is 13.5. The van der Waals surface area contributed by atoms with Gasteiger partial charge in [0.05, 0.1) is 11.6 Å². The first kappa shape index (κ1) is 13.6. The molecule has 0 aliphatic carbocycles. The van der Waals surface area contributed by atoms with Crippen LogP contribution in [0.4, 0.5) is 0 Å². The highest BCUT2D eigenvalue weighted by Gasteiger charge is 2.01. The maximum absolute atomic E-state index is 8.77. The van der Waals surface area contributed by atoms with Crippen molar-refractivity contribution in [2.24, 2.45) is 0 Å². The van der Waals surface area contributed by atoms with Gasteiger partial charge in [-0.15, -0.1) is 0 Å². The second-order valence-electron chi connectivity index (χ2n) is 4.33.